The van der Waals surface area contributed by atoms with E-state index in [2.05, 4.69) is 109 Å². The number of nitrogens with zero attached hydrogens (tertiary/aromatic N) is 3. The van der Waals surface area contributed by atoms with Gasteiger partial charge in [0.25, 0.3) is 0 Å². The lowest BCUT2D eigenvalue weighted by molar-refractivity contribution is 0.619. The van der Waals surface area contributed by atoms with Crippen molar-refractivity contribution in [2.24, 2.45) is 0 Å². The van der Waals surface area contributed by atoms with Gasteiger partial charge in [-0.3, -0.25) is 0 Å². The number of aromatic nitrogens is 3. The molecule has 0 saturated carbocycles. The molecule has 6 aromatic carbocycles. The molecule has 0 spiro atoms. The van der Waals surface area contributed by atoms with E-state index in [-0.39, 0.29) is 0 Å². The third-order valence-corrected chi connectivity index (χ3v) is 11.1. The van der Waals surface area contributed by atoms with E-state index in [1.807, 2.05) is 48.5 Å². The Morgan fingerprint density at radius 1 is 0.489 bits per heavy atom. The summed E-state index contributed by atoms with van der Waals surface area (Å²) in [4.78, 5) is 9.57. The minimum Gasteiger partial charge on any atom is -0.436 e. The first-order valence-corrected chi connectivity index (χ1v) is 19.4. The maximum absolute atomic E-state index is 6.17. The highest BCUT2D eigenvalue weighted by Crippen LogP contribution is 2.38. The smallest absolute Gasteiger partial charge is 0.227 e. The van der Waals surface area contributed by atoms with Crippen LogP contribution in [0.5, 0.6) is 0 Å². The number of rotatable bonds is 5. The fourth-order valence-electron chi connectivity index (χ4n) is 6.52. The predicted molar refractivity (Wildman–Crippen MR) is 195 cm³/mol. The van der Waals surface area contributed by atoms with Crippen molar-refractivity contribution in [2.75, 3.05) is 0 Å². The number of oxazole rings is 2. The van der Waals surface area contributed by atoms with Crippen LogP contribution < -0.4 is 5.19 Å². The third kappa shape index (κ3) is 4.68. The molecule has 3 aromatic heterocycles. The largest absolute Gasteiger partial charge is 0.436 e. The monoisotopic (exact) mass is 625 g/mol. The molecule has 0 atom stereocenters. The Kier molecular flexibility index (Phi) is 6.10. The molecule has 9 aromatic rings. The summed E-state index contributed by atoms with van der Waals surface area (Å²) < 4.78 is 14.7. The summed E-state index contributed by atoms with van der Waals surface area (Å²) in [6, 6.07) is 46.6. The molecular weight excluding hydrogens is 595 g/mol. The van der Waals surface area contributed by atoms with Gasteiger partial charge in [0.2, 0.25) is 11.8 Å². The van der Waals surface area contributed by atoms with Crippen molar-refractivity contribution >= 4 is 57.3 Å². The SMILES string of the molecule is C[Si](C)(C)c1ccc(-c2ccc(-n3c4ccc(-c5nc6ccccc6o5)cc4c4cc(-c5nc6ccccc6o5)ccc43)cc2)cc1. The molecule has 226 valence electrons. The van der Waals surface area contributed by atoms with Crippen LogP contribution in [0.4, 0.5) is 0 Å². The average Bonchev–Trinajstić information content (AvgIpc) is 3.81. The van der Waals surface area contributed by atoms with Gasteiger partial charge in [-0.25, -0.2) is 9.97 Å². The summed E-state index contributed by atoms with van der Waals surface area (Å²) in [7, 11) is -1.35. The molecule has 0 N–H and O–H groups in total. The number of fused-ring (bicyclic) bond motifs is 5. The second kappa shape index (κ2) is 10.4. The van der Waals surface area contributed by atoms with Crippen molar-refractivity contribution in [1.82, 2.24) is 14.5 Å². The maximum Gasteiger partial charge on any atom is 0.227 e. The van der Waals surface area contributed by atoms with Crippen LogP contribution in [0.25, 0.3) is 83.7 Å². The van der Waals surface area contributed by atoms with Gasteiger partial charge >= 0.3 is 0 Å². The highest BCUT2D eigenvalue weighted by molar-refractivity contribution is 6.88. The van der Waals surface area contributed by atoms with Crippen LogP contribution in [0.3, 0.4) is 0 Å². The van der Waals surface area contributed by atoms with Crippen LogP contribution in [0.1, 0.15) is 0 Å². The minimum atomic E-state index is -1.35. The van der Waals surface area contributed by atoms with Gasteiger partial charge in [0.15, 0.2) is 11.2 Å². The molecule has 3 heterocycles. The van der Waals surface area contributed by atoms with Crippen molar-refractivity contribution < 1.29 is 8.83 Å². The molecule has 0 saturated heterocycles. The Bertz CT molecular complexity index is 2400. The first-order valence-electron chi connectivity index (χ1n) is 15.9. The van der Waals surface area contributed by atoms with E-state index >= 15 is 0 Å². The number of benzene rings is 6. The summed E-state index contributed by atoms with van der Waals surface area (Å²) in [6.07, 6.45) is 0. The van der Waals surface area contributed by atoms with Crippen LogP contribution in [0.15, 0.2) is 142 Å². The Morgan fingerprint density at radius 3 is 1.40 bits per heavy atom. The molecule has 5 nitrogen and oxygen atoms in total. The zero-order valence-electron chi connectivity index (χ0n) is 26.4. The van der Waals surface area contributed by atoms with Crippen molar-refractivity contribution in [2.45, 2.75) is 19.6 Å². The lowest BCUT2D eigenvalue weighted by Crippen LogP contribution is -2.37. The molecule has 0 radical (unpaired) electrons. The zero-order valence-corrected chi connectivity index (χ0v) is 27.4. The Labute approximate surface area is 272 Å². The predicted octanol–water partition coefficient (Wildman–Crippen LogP) is 10.6. The second-order valence-electron chi connectivity index (χ2n) is 13.1. The fraction of sp³-hybridized carbons (Fsp3) is 0.0732. The van der Waals surface area contributed by atoms with Gasteiger partial charge in [0.1, 0.15) is 11.0 Å². The molecule has 0 aliphatic carbocycles. The molecule has 0 amide bonds. The van der Waals surface area contributed by atoms with Crippen LogP contribution in [-0.2, 0) is 0 Å². The number of hydrogen-bond acceptors (Lipinski definition) is 4. The zero-order chi connectivity index (χ0) is 31.7. The summed E-state index contributed by atoms with van der Waals surface area (Å²) in [5, 5.41) is 3.67. The average molecular weight is 626 g/mol. The van der Waals surface area contributed by atoms with E-state index < -0.39 is 8.07 Å². The van der Waals surface area contributed by atoms with E-state index in [0.717, 1.165) is 60.8 Å². The molecule has 0 aliphatic heterocycles. The standard InChI is InChI=1S/C41H31N3O2Si/c1-47(2,3)31-20-14-27(15-21-31)26-12-18-30(19-13-26)44-36-22-16-28(40-42-34-8-4-6-10-38(34)45-40)24-32(36)33-25-29(17-23-37(33)44)41-43-35-9-5-7-11-39(35)46-41/h4-25H,1-3H3. The molecule has 0 unspecified atom stereocenters. The highest BCUT2D eigenvalue weighted by Gasteiger charge is 2.19. The molecular formula is C41H31N3O2Si. The van der Waals surface area contributed by atoms with Gasteiger partial charge in [-0.15, -0.1) is 0 Å². The number of hydrogen-bond donors (Lipinski definition) is 0. The van der Waals surface area contributed by atoms with E-state index in [4.69, 9.17) is 18.8 Å². The molecule has 6 heteroatoms. The molecule has 0 aliphatic rings. The summed E-state index contributed by atoms with van der Waals surface area (Å²) >= 11 is 0. The highest BCUT2D eigenvalue weighted by atomic mass is 28.3. The van der Waals surface area contributed by atoms with Gasteiger partial charge in [0, 0.05) is 27.6 Å². The lowest BCUT2D eigenvalue weighted by Gasteiger charge is -2.17. The third-order valence-electron chi connectivity index (χ3n) is 9.06. The van der Waals surface area contributed by atoms with Gasteiger partial charge in [0.05, 0.1) is 19.1 Å². The maximum atomic E-state index is 6.17. The fourth-order valence-corrected chi connectivity index (χ4v) is 7.69. The van der Waals surface area contributed by atoms with Gasteiger partial charge in [-0.05, 0) is 83.9 Å². The first-order chi connectivity index (χ1) is 22.9. The van der Waals surface area contributed by atoms with Crippen LogP contribution in [0.2, 0.25) is 19.6 Å². The normalized spacial score (nSPS) is 12.1. The Morgan fingerprint density at radius 2 is 0.936 bits per heavy atom. The molecule has 9 rings (SSSR count). The van der Waals surface area contributed by atoms with E-state index in [9.17, 15) is 0 Å². The minimum absolute atomic E-state index is 0.605. The Balaban J connectivity index is 1.20. The topological polar surface area (TPSA) is 57.0 Å². The van der Waals surface area contributed by atoms with Crippen molar-refractivity contribution in [3.63, 3.8) is 0 Å². The summed E-state index contributed by atoms with van der Waals surface area (Å²) in [5.74, 6) is 1.21. The summed E-state index contributed by atoms with van der Waals surface area (Å²) in [6.45, 7) is 7.15. The second-order valence-corrected chi connectivity index (χ2v) is 18.2. The van der Waals surface area contributed by atoms with Crippen molar-refractivity contribution in [3.05, 3.63) is 133 Å². The van der Waals surface area contributed by atoms with Crippen molar-refractivity contribution in [3.8, 4) is 39.7 Å². The Hall–Kier alpha value is -5.72. The van der Waals surface area contributed by atoms with Crippen LogP contribution in [0, 0.1) is 0 Å². The van der Waals surface area contributed by atoms with Crippen LogP contribution in [-0.4, -0.2) is 22.6 Å². The van der Waals surface area contributed by atoms with Gasteiger partial charge < -0.3 is 13.4 Å². The van der Waals surface area contributed by atoms with Crippen molar-refractivity contribution in [1.29, 1.82) is 0 Å². The van der Waals surface area contributed by atoms with Gasteiger partial charge in [-0.2, -0.15) is 0 Å². The quantitative estimate of drug-likeness (QED) is 0.179. The van der Waals surface area contributed by atoms with E-state index in [0.29, 0.717) is 11.8 Å². The first kappa shape index (κ1) is 27.6. The van der Waals surface area contributed by atoms with Crippen LogP contribution >= 0.6 is 0 Å². The van der Waals surface area contributed by atoms with E-state index in [1.165, 1.54) is 16.3 Å². The van der Waals surface area contributed by atoms with E-state index in [1.54, 1.807) is 0 Å². The molecule has 0 bridgehead atoms. The van der Waals surface area contributed by atoms with Gasteiger partial charge in [-0.1, -0.05) is 85.5 Å². The molecule has 0 fully saturated rings. The lowest BCUT2D eigenvalue weighted by atomic mass is 10.1. The molecule has 47 heavy (non-hydrogen) atoms. The summed E-state index contributed by atoms with van der Waals surface area (Å²) in [5.41, 5.74) is 10.8. The number of para-hydroxylation sites is 4.